The van der Waals surface area contributed by atoms with Crippen molar-refractivity contribution in [3.05, 3.63) is 0 Å². The number of piperidine rings is 2. The molecule has 150 valence electrons. The van der Waals surface area contributed by atoms with Gasteiger partial charge in [0.2, 0.25) is 5.91 Å². The summed E-state index contributed by atoms with van der Waals surface area (Å²) < 4.78 is 16.0. The number of amides is 2. The summed E-state index contributed by atoms with van der Waals surface area (Å²) in [5.74, 6) is 1.63. The Bertz CT molecular complexity index is 584. The number of morpholine rings is 2. The third kappa shape index (κ3) is 3.02. The van der Waals surface area contributed by atoms with Crippen LogP contribution in [0.4, 0.5) is 4.79 Å². The van der Waals surface area contributed by atoms with E-state index >= 15 is 0 Å². The lowest BCUT2D eigenvalue weighted by Crippen LogP contribution is -2.62. The Morgan fingerprint density at radius 3 is 2.15 bits per heavy atom. The molecule has 8 nitrogen and oxygen atoms in total. The first kappa shape index (κ1) is 17.7. The minimum absolute atomic E-state index is 0.109. The fraction of sp³-hybridized carbons (Fsp3) is 0.895. The molecule has 2 bridgehead atoms. The molecule has 5 fully saturated rings. The van der Waals surface area contributed by atoms with Gasteiger partial charge in [-0.3, -0.25) is 14.6 Å². The highest BCUT2D eigenvalue weighted by atomic mass is 16.5. The second-order valence-corrected chi connectivity index (χ2v) is 8.59. The molecule has 27 heavy (non-hydrogen) atoms. The van der Waals surface area contributed by atoms with Crippen molar-refractivity contribution >= 4 is 12.0 Å². The number of methoxy groups -OCH3 is 1. The zero-order valence-corrected chi connectivity index (χ0v) is 15.9. The minimum atomic E-state index is -0.229. The molecular formula is C19H29N3O5. The van der Waals surface area contributed by atoms with E-state index in [1.165, 1.54) is 7.11 Å². The molecule has 0 aromatic carbocycles. The van der Waals surface area contributed by atoms with Crippen LogP contribution < -0.4 is 0 Å². The van der Waals surface area contributed by atoms with Crippen molar-refractivity contribution in [1.82, 2.24) is 14.7 Å². The minimum Gasteiger partial charge on any atom is -0.453 e. The van der Waals surface area contributed by atoms with Gasteiger partial charge in [-0.1, -0.05) is 0 Å². The van der Waals surface area contributed by atoms with Crippen LogP contribution in [-0.4, -0.2) is 105 Å². The molecule has 4 aliphatic heterocycles. The summed E-state index contributed by atoms with van der Waals surface area (Å²) in [4.78, 5) is 31.3. The molecule has 4 heterocycles. The predicted molar refractivity (Wildman–Crippen MR) is 95.1 cm³/mol. The van der Waals surface area contributed by atoms with Gasteiger partial charge in [0.1, 0.15) is 0 Å². The molecule has 5 atom stereocenters. The number of fused-ring (bicyclic) bond motifs is 3. The van der Waals surface area contributed by atoms with Gasteiger partial charge in [-0.2, -0.15) is 0 Å². The maximum absolute atomic E-state index is 12.7. The molecule has 0 spiro atoms. The van der Waals surface area contributed by atoms with E-state index in [1.54, 1.807) is 0 Å². The number of rotatable bonds is 2. The van der Waals surface area contributed by atoms with E-state index in [0.29, 0.717) is 50.2 Å². The number of hydrogen-bond donors (Lipinski definition) is 0. The third-order valence-electron chi connectivity index (χ3n) is 7.23. The van der Waals surface area contributed by atoms with Gasteiger partial charge in [-0.05, 0) is 24.7 Å². The van der Waals surface area contributed by atoms with E-state index in [1.807, 2.05) is 9.80 Å². The molecule has 3 unspecified atom stereocenters. The number of carbonyl (C=O) groups excluding carboxylic acids is 2. The lowest BCUT2D eigenvalue weighted by Gasteiger charge is -2.49. The predicted octanol–water partition coefficient (Wildman–Crippen LogP) is 0.0212. The monoisotopic (exact) mass is 379 g/mol. The third-order valence-corrected chi connectivity index (χ3v) is 7.23. The Balaban J connectivity index is 1.18. The van der Waals surface area contributed by atoms with Crippen LogP contribution in [0.5, 0.6) is 0 Å². The first-order valence-corrected chi connectivity index (χ1v) is 10.2. The molecule has 0 radical (unpaired) electrons. The van der Waals surface area contributed by atoms with Crippen molar-refractivity contribution in [2.75, 3.05) is 59.7 Å². The molecule has 1 saturated carbocycles. The number of likely N-dealkylation sites (tertiary alicyclic amines) is 1. The Kier molecular flexibility index (Phi) is 4.52. The van der Waals surface area contributed by atoms with E-state index < -0.39 is 0 Å². The molecule has 0 aromatic rings. The van der Waals surface area contributed by atoms with Crippen LogP contribution in [0.3, 0.4) is 0 Å². The Morgan fingerprint density at radius 1 is 0.926 bits per heavy atom. The van der Waals surface area contributed by atoms with Crippen LogP contribution in [0, 0.1) is 17.8 Å². The summed E-state index contributed by atoms with van der Waals surface area (Å²) >= 11 is 0. The summed E-state index contributed by atoms with van der Waals surface area (Å²) in [7, 11) is 1.45. The number of hydrogen-bond acceptors (Lipinski definition) is 6. The zero-order valence-electron chi connectivity index (χ0n) is 15.9. The van der Waals surface area contributed by atoms with Crippen molar-refractivity contribution < 1.29 is 23.8 Å². The van der Waals surface area contributed by atoms with Crippen LogP contribution in [0.25, 0.3) is 0 Å². The normalized spacial score (nSPS) is 41.2. The number of carbonyl (C=O) groups is 2. The summed E-state index contributed by atoms with van der Waals surface area (Å²) in [5, 5.41) is 0. The van der Waals surface area contributed by atoms with Crippen molar-refractivity contribution in [3.63, 3.8) is 0 Å². The lowest BCUT2D eigenvalue weighted by atomic mass is 9.89. The Hall–Kier alpha value is -1.38. The first-order chi connectivity index (χ1) is 13.2. The van der Waals surface area contributed by atoms with E-state index in [0.717, 1.165) is 39.0 Å². The van der Waals surface area contributed by atoms with E-state index in [9.17, 15) is 9.59 Å². The summed E-state index contributed by atoms with van der Waals surface area (Å²) in [5.41, 5.74) is 0. The lowest BCUT2D eigenvalue weighted by molar-refractivity contribution is -0.137. The standard InChI is InChI=1S/C19H29N3O5/c1-25-19(24)22-13-6-12(7-14(22)11-27-10-13)21-8-15-16(9-21)17(15)18(23)20-2-4-26-5-3-20/h12-17H,2-11H2,1H3/t12?,13?,14?,15-,16+,17?. The number of nitrogens with zero attached hydrogens (tertiary/aromatic N) is 3. The van der Waals surface area contributed by atoms with Crippen LogP contribution >= 0.6 is 0 Å². The largest absolute Gasteiger partial charge is 0.453 e. The highest BCUT2D eigenvalue weighted by Gasteiger charge is 2.61. The molecular weight excluding hydrogens is 350 g/mol. The molecule has 5 rings (SSSR count). The molecule has 4 saturated heterocycles. The Morgan fingerprint density at radius 2 is 1.56 bits per heavy atom. The SMILES string of the molecule is COC(=O)N1C2COCC1CC(N1C[C@@H]3C(C(=O)N4CCOCC4)[C@@H]3C1)C2. The van der Waals surface area contributed by atoms with Crippen LogP contribution in [0.1, 0.15) is 12.8 Å². The van der Waals surface area contributed by atoms with Crippen molar-refractivity contribution in [3.8, 4) is 0 Å². The molecule has 2 amide bonds. The molecule has 1 aliphatic carbocycles. The van der Waals surface area contributed by atoms with Gasteiger partial charge in [0.25, 0.3) is 0 Å². The first-order valence-electron chi connectivity index (χ1n) is 10.2. The van der Waals surface area contributed by atoms with Crippen LogP contribution in [0.2, 0.25) is 0 Å². The van der Waals surface area contributed by atoms with Gasteiger partial charge in [0, 0.05) is 38.1 Å². The summed E-state index contributed by atoms with van der Waals surface area (Å²) in [6, 6.07) is 0.701. The highest BCUT2D eigenvalue weighted by molar-refractivity contribution is 5.82. The Labute approximate surface area is 159 Å². The number of ether oxygens (including phenoxy) is 3. The average Bonchev–Trinajstić information content (AvgIpc) is 3.19. The topological polar surface area (TPSA) is 71.5 Å². The maximum atomic E-state index is 12.7. The van der Waals surface area contributed by atoms with Gasteiger partial charge >= 0.3 is 6.09 Å². The second kappa shape index (κ2) is 6.90. The average molecular weight is 379 g/mol. The van der Waals surface area contributed by atoms with Gasteiger partial charge in [0.15, 0.2) is 0 Å². The van der Waals surface area contributed by atoms with E-state index in [4.69, 9.17) is 14.2 Å². The quantitative estimate of drug-likeness (QED) is 0.674. The maximum Gasteiger partial charge on any atom is 0.410 e. The van der Waals surface area contributed by atoms with Gasteiger partial charge < -0.3 is 19.1 Å². The van der Waals surface area contributed by atoms with E-state index in [2.05, 4.69) is 4.90 Å². The van der Waals surface area contributed by atoms with Crippen LogP contribution in [-0.2, 0) is 19.0 Å². The molecule has 0 N–H and O–H groups in total. The van der Waals surface area contributed by atoms with E-state index in [-0.39, 0.29) is 24.1 Å². The van der Waals surface area contributed by atoms with Gasteiger partial charge in [0.05, 0.1) is 45.6 Å². The van der Waals surface area contributed by atoms with Gasteiger partial charge in [-0.15, -0.1) is 0 Å². The molecule has 5 aliphatic rings. The van der Waals surface area contributed by atoms with Gasteiger partial charge in [-0.25, -0.2) is 4.79 Å². The van der Waals surface area contributed by atoms with Crippen molar-refractivity contribution in [2.24, 2.45) is 17.8 Å². The fourth-order valence-corrected chi connectivity index (χ4v) is 5.81. The summed E-state index contributed by atoms with van der Waals surface area (Å²) in [6.45, 7) is 6.07. The highest BCUT2D eigenvalue weighted by Crippen LogP contribution is 2.53. The van der Waals surface area contributed by atoms with Crippen molar-refractivity contribution in [2.45, 2.75) is 31.0 Å². The fourth-order valence-electron chi connectivity index (χ4n) is 5.81. The smallest absolute Gasteiger partial charge is 0.410 e. The van der Waals surface area contributed by atoms with Crippen molar-refractivity contribution in [1.29, 1.82) is 0 Å². The molecule has 0 aromatic heterocycles. The zero-order chi connectivity index (χ0) is 18.5. The van der Waals surface area contributed by atoms with Crippen LogP contribution in [0.15, 0.2) is 0 Å². The summed E-state index contributed by atoms with van der Waals surface area (Å²) in [6.07, 6.45) is 1.65. The molecule has 8 heteroatoms. The second-order valence-electron chi connectivity index (χ2n) is 8.59.